The molecule has 0 spiro atoms. The summed E-state index contributed by atoms with van der Waals surface area (Å²) in [6, 6.07) is 11.0. The summed E-state index contributed by atoms with van der Waals surface area (Å²) in [7, 11) is -3.27. The summed E-state index contributed by atoms with van der Waals surface area (Å²) in [4.78, 5) is 21.1. The molecule has 2 saturated heterocycles. The number of hydrogen-bond acceptors (Lipinski definition) is 6. The van der Waals surface area contributed by atoms with Gasteiger partial charge in [0.15, 0.2) is 0 Å². The molecule has 2 aliphatic heterocycles. The lowest BCUT2D eigenvalue weighted by atomic mass is 9.89. The first-order valence-electron chi connectivity index (χ1n) is 11.2. The SMILES string of the molecule is CS(=O)(=O)N1CCN(C(=O)N2C[C@H](CNc3ccc(C#N)cn3)[C@@H](c3ccc(Cl)c(Cl)c3)C2)CC1. The number of hydrogen-bond donors (Lipinski definition) is 1. The Bertz CT molecular complexity index is 1230. The molecule has 9 nitrogen and oxygen atoms in total. The number of pyridine rings is 1. The molecule has 2 atom stereocenters. The third-order valence-corrected chi connectivity index (χ3v) is 8.54. The lowest BCUT2D eigenvalue weighted by Crippen LogP contribution is -2.53. The van der Waals surface area contributed by atoms with E-state index in [0.717, 1.165) is 5.56 Å². The Morgan fingerprint density at radius 2 is 1.86 bits per heavy atom. The number of piperazine rings is 1. The zero-order valence-electron chi connectivity index (χ0n) is 19.2. The number of anilines is 1. The van der Waals surface area contributed by atoms with Gasteiger partial charge in [-0.2, -0.15) is 9.57 Å². The van der Waals surface area contributed by atoms with E-state index >= 15 is 0 Å². The number of benzene rings is 1. The molecule has 2 fully saturated rings. The maximum Gasteiger partial charge on any atom is 0.320 e. The number of nitrogens with one attached hydrogen (secondary N) is 1. The molecule has 4 rings (SSSR count). The fourth-order valence-electron chi connectivity index (χ4n) is 4.57. The predicted molar refractivity (Wildman–Crippen MR) is 135 cm³/mol. The molecule has 12 heteroatoms. The molecule has 2 aromatic rings. The molecule has 0 bridgehead atoms. The minimum atomic E-state index is -3.27. The van der Waals surface area contributed by atoms with E-state index in [1.807, 2.05) is 17.0 Å². The predicted octanol–water partition coefficient (Wildman–Crippen LogP) is 3.08. The van der Waals surface area contributed by atoms with Crippen LogP contribution in [0.2, 0.25) is 10.0 Å². The molecule has 3 heterocycles. The average Bonchev–Trinajstić information content (AvgIpc) is 3.28. The van der Waals surface area contributed by atoms with Crippen LogP contribution in [0.5, 0.6) is 0 Å². The minimum Gasteiger partial charge on any atom is -0.370 e. The highest BCUT2D eigenvalue weighted by molar-refractivity contribution is 7.88. The number of sulfonamides is 1. The lowest BCUT2D eigenvalue weighted by molar-refractivity contribution is 0.141. The molecule has 1 aromatic heterocycles. The van der Waals surface area contributed by atoms with Crippen molar-refractivity contribution in [2.75, 3.05) is 57.4 Å². The van der Waals surface area contributed by atoms with Crippen molar-refractivity contribution in [3.05, 3.63) is 57.7 Å². The number of nitriles is 1. The molecule has 0 unspecified atom stereocenters. The van der Waals surface area contributed by atoms with Gasteiger partial charge in [0.25, 0.3) is 0 Å². The molecule has 2 amide bonds. The van der Waals surface area contributed by atoms with Crippen LogP contribution in [0.25, 0.3) is 0 Å². The molecule has 1 N–H and O–H groups in total. The van der Waals surface area contributed by atoms with E-state index in [2.05, 4.69) is 16.4 Å². The Hall–Kier alpha value is -2.58. The number of rotatable bonds is 5. The molecule has 0 radical (unpaired) electrons. The maximum absolute atomic E-state index is 13.3. The number of carbonyl (C=O) groups is 1. The first kappa shape index (κ1) is 25.5. The van der Waals surface area contributed by atoms with Crippen molar-refractivity contribution in [2.24, 2.45) is 5.92 Å². The molecule has 2 aliphatic rings. The van der Waals surface area contributed by atoms with Gasteiger partial charge in [0.1, 0.15) is 11.9 Å². The van der Waals surface area contributed by atoms with Crippen molar-refractivity contribution in [3.8, 4) is 6.07 Å². The van der Waals surface area contributed by atoms with Crippen LogP contribution < -0.4 is 5.32 Å². The molecular formula is C23H26Cl2N6O3S. The molecule has 35 heavy (non-hydrogen) atoms. The molecule has 0 saturated carbocycles. The van der Waals surface area contributed by atoms with E-state index in [0.29, 0.717) is 67.2 Å². The maximum atomic E-state index is 13.3. The number of nitrogens with zero attached hydrogens (tertiary/aromatic N) is 5. The van der Waals surface area contributed by atoms with Crippen molar-refractivity contribution >= 4 is 45.1 Å². The van der Waals surface area contributed by atoms with Crippen LogP contribution in [-0.2, 0) is 10.0 Å². The summed E-state index contributed by atoms with van der Waals surface area (Å²) in [6.07, 6.45) is 2.70. The average molecular weight is 537 g/mol. The fourth-order valence-corrected chi connectivity index (χ4v) is 5.70. The molecule has 1 aromatic carbocycles. The zero-order valence-corrected chi connectivity index (χ0v) is 21.5. The van der Waals surface area contributed by atoms with Crippen LogP contribution in [0.1, 0.15) is 17.0 Å². The van der Waals surface area contributed by atoms with Gasteiger partial charge in [-0.15, -0.1) is 0 Å². The Kier molecular flexibility index (Phi) is 7.71. The van der Waals surface area contributed by atoms with E-state index in [1.165, 1.54) is 16.8 Å². The van der Waals surface area contributed by atoms with E-state index in [-0.39, 0.29) is 17.9 Å². The largest absolute Gasteiger partial charge is 0.370 e. The topological polar surface area (TPSA) is 110 Å². The van der Waals surface area contributed by atoms with Gasteiger partial charge in [-0.05, 0) is 29.8 Å². The number of aromatic nitrogens is 1. The standard InChI is InChI=1S/C23H26Cl2N6O3S/c1-35(33,34)31-8-6-29(7-9-31)23(32)30-14-18(13-28-22-5-2-16(11-26)12-27-22)19(15-30)17-3-4-20(24)21(25)10-17/h2-5,10,12,18-19H,6-9,13-15H2,1H3,(H,27,28)/t18-,19+/m0/s1. The summed E-state index contributed by atoms with van der Waals surface area (Å²) in [5.74, 6) is 0.751. The van der Waals surface area contributed by atoms with Crippen LogP contribution in [-0.4, -0.2) is 85.6 Å². The smallest absolute Gasteiger partial charge is 0.320 e. The Morgan fingerprint density at radius 3 is 2.46 bits per heavy atom. The van der Waals surface area contributed by atoms with Gasteiger partial charge in [-0.1, -0.05) is 29.3 Å². The molecular weight excluding hydrogens is 511 g/mol. The Balaban J connectivity index is 1.48. The summed E-state index contributed by atoms with van der Waals surface area (Å²) in [5, 5.41) is 13.2. The summed E-state index contributed by atoms with van der Waals surface area (Å²) in [6.45, 7) is 2.91. The van der Waals surface area contributed by atoms with Crippen molar-refractivity contribution in [3.63, 3.8) is 0 Å². The number of carbonyl (C=O) groups excluding carboxylic acids is 1. The second-order valence-electron chi connectivity index (χ2n) is 8.80. The number of amides is 2. The van der Waals surface area contributed by atoms with E-state index in [4.69, 9.17) is 28.5 Å². The summed E-state index contributed by atoms with van der Waals surface area (Å²) in [5.41, 5.74) is 1.48. The fraction of sp³-hybridized carbons (Fsp3) is 0.435. The van der Waals surface area contributed by atoms with Crippen LogP contribution in [0.4, 0.5) is 10.6 Å². The lowest BCUT2D eigenvalue weighted by Gasteiger charge is -2.35. The Morgan fingerprint density at radius 1 is 1.11 bits per heavy atom. The second-order valence-corrected chi connectivity index (χ2v) is 11.6. The van der Waals surface area contributed by atoms with Gasteiger partial charge in [-0.25, -0.2) is 18.2 Å². The number of likely N-dealkylation sites (tertiary alicyclic amines) is 1. The van der Waals surface area contributed by atoms with Crippen molar-refractivity contribution in [2.45, 2.75) is 5.92 Å². The first-order valence-corrected chi connectivity index (χ1v) is 13.8. The van der Waals surface area contributed by atoms with Crippen molar-refractivity contribution in [1.82, 2.24) is 19.1 Å². The zero-order chi connectivity index (χ0) is 25.2. The first-order chi connectivity index (χ1) is 16.7. The summed E-state index contributed by atoms with van der Waals surface area (Å²) >= 11 is 12.4. The molecule has 0 aliphatic carbocycles. The van der Waals surface area contributed by atoms with Crippen LogP contribution in [0.3, 0.4) is 0 Å². The Labute approximate surface area is 215 Å². The van der Waals surface area contributed by atoms with Crippen LogP contribution in [0.15, 0.2) is 36.5 Å². The quantitative estimate of drug-likeness (QED) is 0.628. The van der Waals surface area contributed by atoms with E-state index in [1.54, 1.807) is 23.1 Å². The number of halogens is 2. The summed E-state index contributed by atoms with van der Waals surface area (Å²) < 4.78 is 25.0. The van der Waals surface area contributed by atoms with Gasteiger partial charge in [0.2, 0.25) is 10.0 Å². The van der Waals surface area contributed by atoms with Gasteiger partial charge >= 0.3 is 6.03 Å². The van der Waals surface area contributed by atoms with E-state index in [9.17, 15) is 13.2 Å². The van der Waals surface area contributed by atoms with Crippen LogP contribution in [0, 0.1) is 17.2 Å². The van der Waals surface area contributed by atoms with Gasteiger partial charge in [-0.3, -0.25) is 0 Å². The van der Waals surface area contributed by atoms with Gasteiger partial charge in [0.05, 0.1) is 21.9 Å². The van der Waals surface area contributed by atoms with E-state index < -0.39 is 10.0 Å². The van der Waals surface area contributed by atoms with Gasteiger partial charge in [0, 0.05) is 63.8 Å². The van der Waals surface area contributed by atoms with Crippen molar-refractivity contribution < 1.29 is 13.2 Å². The highest BCUT2D eigenvalue weighted by Gasteiger charge is 2.38. The van der Waals surface area contributed by atoms with Gasteiger partial charge < -0.3 is 15.1 Å². The third-order valence-electron chi connectivity index (χ3n) is 6.50. The highest BCUT2D eigenvalue weighted by atomic mass is 35.5. The third kappa shape index (κ3) is 5.98. The number of urea groups is 1. The second kappa shape index (κ2) is 10.6. The van der Waals surface area contributed by atoms with Crippen molar-refractivity contribution in [1.29, 1.82) is 5.26 Å². The minimum absolute atomic E-state index is 0.0249. The monoisotopic (exact) mass is 536 g/mol. The normalized spacial score (nSPS) is 21.1. The molecule has 186 valence electrons. The highest BCUT2D eigenvalue weighted by Crippen LogP contribution is 2.36. The van der Waals surface area contributed by atoms with Crippen LogP contribution >= 0.6 is 23.2 Å².